The first-order valence-corrected chi connectivity index (χ1v) is 10.6. The van der Waals surface area contributed by atoms with Crippen LogP contribution in [0, 0.1) is 11.8 Å². The molecule has 162 valence electrons. The number of carbonyl (C=O) groups is 1. The predicted molar refractivity (Wildman–Crippen MR) is 121 cm³/mol. The van der Waals surface area contributed by atoms with Crippen molar-refractivity contribution in [3.05, 3.63) is 48.0 Å². The zero-order valence-corrected chi connectivity index (χ0v) is 18.5. The molecule has 1 heterocycles. The van der Waals surface area contributed by atoms with Crippen LogP contribution in [0.5, 0.6) is 11.5 Å². The van der Waals surface area contributed by atoms with Crippen molar-refractivity contribution in [2.24, 2.45) is 11.8 Å². The van der Waals surface area contributed by atoms with Gasteiger partial charge in [-0.25, -0.2) is 0 Å². The van der Waals surface area contributed by atoms with Gasteiger partial charge in [0.1, 0.15) is 0 Å². The fourth-order valence-electron chi connectivity index (χ4n) is 4.17. The van der Waals surface area contributed by atoms with Crippen LogP contribution >= 0.6 is 0 Å². The highest BCUT2D eigenvalue weighted by molar-refractivity contribution is 5.86. The molecule has 2 aromatic rings. The Morgan fingerprint density at radius 2 is 1.70 bits per heavy atom. The Labute approximate surface area is 179 Å². The molecule has 1 unspecified atom stereocenters. The van der Waals surface area contributed by atoms with Crippen LogP contribution in [-0.4, -0.2) is 26.7 Å². The Kier molecular flexibility index (Phi) is 6.75. The number of anilines is 2. The van der Waals surface area contributed by atoms with Gasteiger partial charge in [-0.1, -0.05) is 45.0 Å². The summed E-state index contributed by atoms with van der Waals surface area (Å²) in [7, 11) is 3.25. The Balaban J connectivity index is 2.19. The number of para-hydroxylation sites is 3. The molecule has 6 heteroatoms. The second kappa shape index (κ2) is 9.28. The first-order chi connectivity index (χ1) is 14.5. The largest absolute Gasteiger partial charge is 0.493 e. The molecule has 6 nitrogen and oxygen atoms in total. The van der Waals surface area contributed by atoms with Crippen LogP contribution in [0.25, 0.3) is 0 Å². The maximum Gasteiger partial charge on any atom is 0.227 e. The molecule has 0 fully saturated rings. The van der Waals surface area contributed by atoms with Crippen molar-refractivity contribution >= 4 is 17.3 Å². The first-order valence-electron chi connectivity index (χ1n) is 10.6. The number of rotatable bonds is 9. The molecule has 0 saturated heterocycles. The molecule has 0 aromatic heterocycles. The fourth-order valence-corrected chi connectivity index (χ4v) is 4.17. The summed E-state index contributed by atoms with van der Waals surface area (Å²) < 4.78 is 11.3. The van der Waals surface area contributed by atoms with Crippen LogP contribution in [0.3, 0.4) is 0 Å². The van der Waals surface area contributed by atoms with Gasteiger partial charge in [0.05, 0.1) is 31.5 Å². The molecule has 3 N–H and O–H groups in total. The summed E-state index contributed by atoms with van der Waals surface area (Å²) in [6, 6.07) is 13.8. The minimum atomic E-state index is -0.869. The molecule has 0 radical (unpaired) electrons. The van der Waals surface area contributed by atoms with Gasteiger partial charge in [-0.05, 0) is 37.0 Å². The molecule has 0 bridgehead atoms. The SMILES string of the molecule is CCCNC(=O)C(CC(C)C)C1(c2cccc(OC)c2OC)Nc2ccccc2N1. The quantitative estimate of drug-likeness (QED) is 0.563. The highest BCUT2D eigenvalue weighted by Crippen LogP contribution is 2.49. The fraction of sp³-hybridized carbons (Fsp3) is 0.458. The average Bonchev–Trinajstić information content (AvgIpc) is 3.15. The van der Waals surface area contributed by atoms with Gasteiger partial charge in [-0.15, -0.1) is 0 Å². The van der Waals surface area contributed by atoms with Crippen molar-refractivity contribution in [1.29, 1.82) is 0 Å². The lowest BCUT2D eigenvalue weighted by molar-refractivity contribution is -0.127. The Hall–Kier alpha value is -2.89. The van der Waals surface area contributed by atoms with E-state index in [0.29, 0.717) is 30.4 Å². The van der Waals surface area contributed by atoms with E-state index in [1.807, 2.05) is 42.5 Å². The number of hydrogen-bond donors (Lipinski definition) is 3. The van der Waals surface area contributed by atoms with E-state index in [0.717, 1.165) is 23.4 Å². The molecule has 30 heavy (non-hydrogen) atoms. The van der Waals surface area contributed by atoms with E-state index in [1.54, 1.807) is 14.2 Å². The Bertz CT molecular complexity index is 857. The summed E-state index contributed by atoms with van der Waals surface area (Å²) in [4.78, 5) is 13.4. The van der Waals surface area contributed by atoms with Crippen LogP contribution < -0.4 is 25.4 Å². The molecule has 1 aliphatic heterocycles. The Morgan fingerprint density at radius 3 is 2.23 bits per heavy atom. The molecule has 0 aliphatic carbocycles. The van der Waals surface area contributed by atoms with Gasteiger partial charge in [0.25, 0.3) is 0 Å². The minimum Gasteiger partial charge on any atom is -0.493 e. The van der Waals surface area contributed by atoms with E-state index in [1.165, 1.54) is 0 Å². The molecule has 1 aliphatic rings. The third kappa shape index (κ3) is 4.04. The Morgan fingerprint density at radius 1 is 1.03 bits per heavy atom. The van der Waals surface area contributed by atoms with Gasteiger partial charge in [0, 0.05) is 12.1 Å². The molecule has 2 aromatic carbocycles. The number of nitrogens with one attached hydrogen (secondary N) is 3. The third-order valence-electron chi connectivity index (χ3n) is 5.51. The van der Waals surface area contributed by atoms with Crippen LogP contribution in [0.2, 0.25) is 0 Å². The van der Waals surface area contributed by atoms with E-state index >= 15 is 0 Å². The second-order valence-electron chi connectivity index (χ2n) is 8.12. The van der Waals surface area contributed by atoms with E-state index in [9.17, 15) is 4.79 Å². The van der Waals surface area contributed by atoms with Gasteiger partial charge in [-0.2, -0.15) is 0 Å². The van der Waals surface area contributed by atoms with Crippen LogP contribution in [0.4, 0.5) is 11.4 Å². The molecule has 0 spiro atoms. The van der Waals surface area contributed by atoms with Crippen LogP contribution in [0.15, 0.2) is 42.5 Å². The predicted octanol–water partition coefficient (Wildman–Crippen LogP) is 4.58. The number of ether oxygens (including phenoxy) is 2. The topological polar surface area (TPSA) is 71.6 Å². The normalized spacial score (nSPS) is 15.0. The summed E-state index contributed by atoms with van der Waals surface area (Å²) in [5, 5.41) is 10.4. The number of benzene rings is 2. The minimum absolute atomic E-state index is 0.0169. The smallest absolute Gasteiger partial charge is 0.227 e. The lowest BCUT2D eigenvalue weighted by Crippen LogP contribution is -2.53. The summed E-state index contributed by atoms with van der Waals surface area (Å²) in [6.45, 7) is 6.98. The third-order valence-corrected chi connectivity index (χ3v) is 5.51. The maximum atomic E-state index is 13.4. The van der Waals surface area contributed by atoms with Crippen molar-refractivity contribution in [2.45, 2.75) is 39.3 Å². The number of hydrogen-bond acceptors (Lipinski definition) is 5. The highest BCUT2D eigenvalue weighted by atomic mass is 16.5. The van der Waals surface area contributed by atoms with Gasteiger partial charge in [0.2, 0.25) is 5.91 Å². The zero-order chi connectivity index (χ0) is 21.7. The average molecular weight is 412 g/mol. The van der Waals surface area contributed by atoms with Gasteiger partial charge in [0.15, 0.2) is 17.2 Å². The van der Waals surface area contributed by atoms with E-state index in [4.69, 9.17) is 9.47 Å². The number of amides is 1. The molecular weight excluding hydrogens is 378 g/mol. The van der Waals surface area contributed by atoms with Crippen molar-refractivity contribution in [3.8, 4) is 11.5 Å². The number of carbonyl (C=O) groups excluding carboxylic acids is 1. The summed E-state index contributed by atoms with van der Waals surface area (Å²) >= 11 is 0. The van der Waals surface area contributed by atoms with Crippen molar-refractivity contribution in [3.63, 3.8) is 0 Å². The van der Waals surface area contributed by atoms with E-state index in [-0.39, 0.29) is 11.8 Å². The molecule has 1 amide bonds. The van der Waals surface area contributed by atoms with Crippen LogP contribution in [0.1, 0.15) is 39.2 Å². The number of fused-ring (bicyclic) bond motifs is 1. The van der Waals surface area contributed by atoms with Crippen molar-refractivity contribution < 1.29 is 14.3 Å². The monoisotopic (exact) mass is 411 g/mol. The molecule has 0 saturated carbocycles. The number of methoxy groups -OCH3 is 2. The first kappa shape index (κ1) is 21.8. The second-order valence-corrected chi connectivity index (χ2v) is 8.12. The zero-order valence-electron chi connectivity index (χ0n) is 18.5. The lowest BCUT2D eigenvalue weighted by Gasteiger charge is -2.40. The van der Waals surface area contributed by atoms with Crippen molar-refractivity contribution in [1.82, 2.24) is 5.32 Å². The summed E-state index contributed by atoms with van der Waals surface area (Å²) in [5.74, 6) is 1.21. The summed E-state index contributed by atoms with van der Waals surface area (Å²) in [6.07, 6.45) is 1.58. The molecule has 3 rings (SSSR count). The highest BCUT2D eigenvalue weighted by Gasteiger charge is 2.50. The van der Waals surface area contributed by atoms with E-state index in [2.05, 4.69) is 36.7 Å². The van der Waals surface area contributed by atoms with Crippen molar-refractivity contribution in [2.75, 3.05) is 31.4 Å². The van der Waals surface area contributed by atoms with Crippen LogP contribution in [-0.2, 0) is 10.5 Å². The van der Waals surface area contributed by atoms with E-state index < -0.39 is 5.66 Å². The molecule has 1 atom stereocenters. The van der Waals surface area contributed by atoms with Gasteiger partial charge in [-0.3, -0.25) is 4.79 Å². The molecular formula is C24H33N3O3. The van der Waals surface area contributed by atoms with Gasteiger partial charge < -0.3 is 25.4 Å². The summed E-state index contributed by atoms with van der Waals surface area (Å²) in [5.41, 5.74) is 1.89. The lowest BCUT2D eigenvalue weighted by atomic mass is 9.79. The standard InChI is InChI=1S/C24H33N3O3/c1-6-14-25-23(28)18(15-16(2)3)24(26-19-11-7-8-12-20(19)27-24)17-10-9-13-21(29-4)22(17)30-5/h7-13,16,18,26-27H,6,14-15H2,1-5H3,(H,25,28). The maximum absolute atomic E-state index is 13.4. The van der Waals surface area contributed by atoms with Gasteiger partial charge >= 0.3 is 0 Å².